The van der Waals surface area contributed by atoms with Crippen LogP contribution in [0.15, 0.2) is 46.9 Å². The van der Waals surface area contributed by atoms with Crippen LogP contribution >= 0.6 is 11.8 Å². The number of nitro groups is 1. The highest BCUT2D eigenvalue weighted by Crippen LogP contribution is 2.37. The number of nitriles is 1. The van der Waals surface area contributed by atoms with Gasteiger partial charge in [0, 0.05) is 16.6 Å². The van der Waals surface area contributed by atoms with Crippen molar-refractivity contribution in [2.75, 3.05) is 12.4 Å². The Labute approximate surface area is 167 Å². The second-order valence-electron chi connectivity index (χ2n) is 5.37. The van der Waals surface area contributed by atoms with Crippen molar-refractivity contribution in [1.82, 2.24) is 0 Å². The van der Waals surface area contributed by atoms with E-state index in [0.29, 0.717) is 16.7 Å². The van der Waals surface area contributed by atoms with Gasteiger partial charge in [-0.1, -0.05) is 11.8 Å². The number of alkyl halides is 2. The molecule has 0 aliphatic rings. The number of nitrogens with one attached hydrogen (secondary N) is 1. The first-order chi connectivity index (χ1) is 13.7. The summed E-state index contributed by atoms with van der Waals surface area (Å²) >= 11 is 0.350. The fourth-order valence-electron chi connectivity index (χ4n) is 2.23. The molecule has 8 nitrogen and oxygen atoms in total. The van der Waals surface area contributed by atoms with E-state index in [4.69, 9.17) is 4.74 Å². The molecular weight excluding hydrogens is 408 g/mol. The van der Waals surface area contributed by atoms with Crippen molar-refractivity contribution in [3.63, 3.8) is 0 Å². The van der Waals surface area contributed by atoms with Crippen molar-refractivity contribution in [1.29, 1.82) is 5.26 Å². The van der Waals surface area contributed by atoms with Gasteiger partial charge in [0.1, 0.15) is 11.6 Å². The lowest BCUT2D eigenvalue weighted by molar-refractivity contribution is -0.386. The van der Waals surface area contributed by atoms with Crippen LogP contribution in [0.4, 0.5) is 20.2 Å². The van der Waals surface area contributed by atoms with Gasteiger partial charge >= 0.3 is 5.69 Å². The van der Waals surface area contributed by atoms with Gasteiger partial charge in [-0.15, -0.1) is 0 Å². The smallest absolute Gasteiger partial charge is 0.315 e. The largest absolute Gasteiger partial charge is 0.500 e. The summed E-state index contributed by atoms with van der Waals surface area (Å²) in [5.74, 6) is -4.26. The number of carbonyl (C=O) groups excluding carboxylic acids is 1. The Hall–Kier alpha value is -3.65. The van der Waals surface area contributed by atoms with E-state index in [1.54, 1.807) is 6.07 Å². The number of hydrogen-bond donors (Lipinski definition) is 2. The van der Waals surface area contributed by atoms with Crippen LogP contribution in [0.2, 0.25) is 0 Å². The molecule has 11 heteroatoms. The van der Waals surface area contributed by atoms with E-state index in [9.17, 15) is 34.1 Å². The molecule has 0 saturated heterocycles. The van der Waals surface area contributed by atoms with Crippen molar-refractivity contribution >= 4 is 35.1 Å². The van der Waals surface area contributed by atoms with Crippen LogP contribution in [-0.4, -0.2) is 28.8 Å². The Morgan fingerprint density at radius 1 is 1.38 bits per heavy atom. The van der Waals surface area contributed by atoms with Gasteiger partial charge in [0.2, 0.25) is 5.75 Å². The number of nitro benzene ring substituents is 1. The van der Waals surface area contributed by atoms with Crippen LogP contribution in [0.3, 0.4) is 0 Å². The van der Waals surface area contributed by atoms with E-state index in [0.717, 1.165) is 12.1 Å². The zero-order valence-corrected chi connectivity index (χ0v) is 15.6. The number of hydrogen-bond acceptors (Lipinski definition) is 7. The molecule has 2 aromatic rings. The monoisotopic (exact) mass is 421 g/mol. The molecule has 29 heavy (non-hydrogen) atoms. The number of rotatable bonds is 7. The minimum atomic E-state index is -2.57. The summed E-state index contributed by atoms with van der Waals surface area (Å²) in [7, 11) is 1.19. The van der Waals surface area contributed by atoms with Crippen molar-refractivity contribution < 1.29 is 28.3 Å². The highest BCUT2D eigenvalue weighted by atomic mass is 32.2. The van der Waals surface area contributed by atoms with E-state index in [2.05, 4.69) is 5.32 Å². The summed E-state index contributed by atoms with van der Waals surface area (Å²) in [6.07, 6.45) is 1.09. The van der Waals surface area contributed by atoms with Gasteiger partial charge in [0.15, 0.2) is 5.75 Å². The summed E-state index contributed by atoms with van der Waals surface area (Å²) < 4.78 is 29.5. The predicted octanol–water partition coefficient (Wildman–Crippen LogP) is 4.17. The normalized spacial score (nSPS) is 11.1. The van der Waals surface area contributed by atoms with Gasteiger partial charge in [-0.2, -0.15) is 14.0 Å². The number of amides is 1. The average Bonchev–Trinajstić information content (AvgIpc) is 2.67. The van der Waals surface area contributed by atoms with E-state index in [-0.39, 0.29) is 22.6 Å². The summed E-state index contributed by atoms with van der Waals surface area (Å²) in [5.41, 5.74) is -0.677. The summed E-state index contributed by atoms with van der Waals surface area (Å²) in [6, 6.07) is 9.45. The Bertz CT molecular complexity index is 1000. The van der Waals surface area contributed by atoms with E-state index >= 15 is 0 Å². The van der Waals surface area contributed by atoms with Crippen molar-refractivity contribution in [3.8, 4) is 17.6 Å². The Balaban J connectivity index is 2.27. The second-order valence-corrected chi connectivity index (χ2v) is 6.44. The SMILES string of the molecule is COc1cc(/C=C(/C#N)C(=O)Nc2ccc(SC(F)F)cc2)cc([N+](=O)[O-])c1O. The molecule has 2 aromatic carbocycles. The maximum atomic E-state index is 12.3. The number of phenolic OH excluding ortho intramolecular Hbond substituents is 1. The number of benzene rings is 2. The lowest BCUT2D eigenvalue weighted by Gasteiger charge is -2.07. The topological polar surface area (TPSA) is 125 Å². The molecule has 2 N–H and O–H groups in total. The fraction of sp³-hybridized carbons (Fsp3) is 0.111. The van der Waals surface area contributed by atoms with Gasteiger partial charge in [0.25, 0.3) is 11.7 Å². The van der Waals surface area contributed by atoms with E-state index < -0.39 is 28.0 Å². The van der Waals surface area contributed by atoms with E-state index in [1.165, 1.54) is 37.4 Å². The third kappa shape index (κ3) is 5.66. The Morgan fingerprint density at radius 3 is 2.55 bits per heavy atom. The number of phenols is 1. The molecular formula is C18H13F2N3O5S. The van der Waals surface area contributed by atoms with Gasteiger partial charge in [-0.05, 0) is 42.0 Å². The van der Waals surface area contributed by atoms with E-state index in [1.807, 2.05) is 0 Å². The van der Waals surface area contributed by atoms with Crippen LogP contribution in [-0.2, 0) is 4.79 Å². The van der Waals surface area contributed by atoms with Gasteiger partial charge in [0.05, 0.1) is 12.0 Å². The van der Waals surface area contributed by atoms with Crippen LogP contribution in [0, 0.1) is 21.4 Å². The first-order valence-corrected chi connectivity index (χ1v) is 8.66. The first-order valence-electron chi connectivity index (χ1n) is 7.78. The number of ether oxygens (including phenoxy) is 1. The molecule has 0 aliphatic heterocycles. The molecule has 0 fully saturated rings. The molecule has 2 rings (SSSR count). The quantitative estimate of drug-likeness (QED) is 0.226. The van der Waals surface area contributed by atoms with Crippen molar-refractivity contribution in [3.05, 3.63) is 57.6 Å². The lowest BCUT2D eigenvalue weighted by Crippen LogP contribution is -2.13. The maximum Gasteiger partial charge on any atom is 0.315 e. The number of halogens is 2. The molecule has 1 amide bonds. The van der Waals surface area contributed by atoms with Gasteiger partial charge < -0.3 is 15.2 Å². The Morgan fingerprint density at radius 2 is 2.03 bits per heavy atom. The number of nitrogens with zero attached hydrogens (tertiary/aromatic N) is 2. The number of anilines is 1. The first kappa shape index (κ1) is 21.6. The van der Waals surface area contributed by atoms with Crippen LogP contribution in [0.25, 0.3) is 6.08 Å². The second kappa shape index (κ2) is 9.52. The van der Waals surface area contributed by atoms with Gasteiger partial charge in [-0.3, -0.25) is 14.9 Å². The van der Waals surface area contributed by atoms with Gasteiger partial charge in [-0.25, -0.2) is 0 Å². The summed E-state index contributed by atoms with van der Waals surface area (Å²) in [4.78, 5) is 22.8. The minimum absolute atomic E-state index is 0.0849. The zero-order valence-electron chi connectivity index (χ0n) is 14.8. The lowest BCUT2D eigenvalue weighted by atomic mass is 10.1. The molecule has 0 atom stereocenters. The molecule has 0 unspecified atom stereocenters. The van der Waals surface area contributed by atoms with Crippen LogP contribution < -0.4 is 10.1 Å². The molecule has 0 radical (unpaired) electrons. The molecule has 150 valence electrons. The number of methoxy groups -OCH3 is 1. The molecule has 0 aromatic heterocycles. The highest BCUT2D eigenvalue weighted by molar-refractivity contribution is 7.99. The molecule has 0 spiro atoms. The predicted molar refractivity (Wildman–Crippen MR) is 102 cm³/mol. The maximum absolute atomic E-state index is 12.3. The number of aromatic hydroxyl groups is 1. The van der Waals surface area contributed by atoms with Crippen LogP contribution in [0.1, 0.15) is 5.56 Å². The zero-order chi connectivity index (χ0) is 21.6. The molecule has 0 bridgehead atoms. The standard InChI is InChI=1S/C18H13F2N3O5S/c1-28-15-8-10(7-14(16(15)24)23(26)27)6-11(9-21)17(25)22-12-2-4-13(5-3-12)29-18(19)20/h2-8,18,24H,1H3,(H,22,25)/b11-6-. The third-order valence-electron chi connectivity index (χ3n) is 3.51. The average molecular weight is 421 g/mol. The highest BCUT2D eigenvalue weighted by Gasteiger charge is 2.20. The minimum Gasteiger partial charge on any atom is -0.500 e. The molecule has 0 saturated carbocycles. The number of carbonyl (C=O) groups is 1. The van der Waals surface area contributed by atoms with Crippen LogP contribution in [0.5, 0.6) is 11.5 Å². The summed E-state index contributed by atoms with van der Waals surface area (Å²) in [5, 5.41) is 32.5. The molecule has 0 heterocycles. The fourth-order valence-corrected chi connectivity index (χ4v) is 2.72. The number of thioether (sulfide) groups is 1. The van der Waals surface area contributed by atoms with Crippen molar-refractivity contribution in [2.24, 2.45) is 0 Å². The third-order valence-corrected chi connectivity index (χ3v) is 4.23. The molecule has 0 aliphatic carbocycles. The Kier molecular flexibility index (Phi) is 7.10. The summed E-state index contributed by atoms with van der Waals surface area (Å²) in [6.45, 7) is 0. The van der Waals surface area contributed by atoms with Crippen molar-refractivity contribution in [2.45, 2.75) is 10.7 Å².